The Kier molecular flexibility index (Phi) is 2.35. The standard InChI is InChI=1S/C7H7ClN2/c1-2-3-4-10-6-7(8)5-9-10/h1,5-6H,3-4H2. The van der Waals surface area contributed by atoms with Crippen LogP contribution in [0.2, 0.25) is 5.02 Å². The summed E-state index contributed by atoms with van der Waals surface area (Å²) in [5, 5.41) is 4.59. The number of rotatable bonds is 2. The maximum Gasteiger partial charge on any atom is 0.0785 e. The summed E-state index contributed by atoms with van der Waals surface area (Å²) in [4.78, 5) is 0. The Morgan fingerprint density at radius 2 is 2.60 bits per heavy atom. The molecule has 0 radical (unpaired) electrons. The first-order valence-corrected chi connectivity index (χ1v) is 3.32. The maximum atomic E-state index is 5.60. The molecule has 0 aliphatic carbocycles. The van der Waals surface area contributed by atoms with Crippen molar-refractivity contribution in [2.45, 2.75) is 13.0 Å². The summed E-state index contributed by atoms with van der Waals surface area (Å²) < 4.78 is 1.72. The molecule has 2 nitrogen and oxygen atoms in total. The molecule has 1 aromatic rings. The van der Waals surface area contributed by atoms with Gasteiger partial charge >= 0.3 is 0 Å². The van der Waals surface area contributed by atoms with Crippen LogP contribution in [-0.4, -0.2) is 9.78 Å². The highest BCUT2D eigenvalue weighted by atomic mass is 35.5. The predicted octanol–water partition coefficient (Wildman–Crippen LogP) is 1.56. The van der Waals surface area contributed by atoms with E-state index in [-0.39, 0.29) is 0 Å². The lowest BCUT2D eigenvalue weighted by Gasteiger charge is -1.92. The van der Waals surface area contributed by atoms with Crippen LogP contribution in [0, 0.1) is 12.3 Å². The van der Waals surface area contributed by atoms with E-state index < -0.39 is 0 Å². The second-order valence-corrected chi connectivity index (χ2v) is 2.31. The van der Waals surface area contributed by atoms with E-state index in [1.165, 1.54) is 0 Å². The zero-order valence-electron chi connectivity index (χ0n) is 5.42. The van der Waals surface area contributed by atoms with Crippen LogP contribution in [0.5, 0.6) is 0 Å². The van der Waals surface area contributed by atoms with Crippen molar-refractivity contribution in [3.05, 3.63) is 17.4 Å². The Morgan fingerprint density at radius 3 is 3.10 bits per heavy atom. The predicted molar refractivity (Wildman–Crippen MR) is 40.7 cm³/mol. The maximum absolute atomic E-state index is 5.60. The first kappa shape index (κ1) is 7.17. The van der Waals surface area contributed by atoms with E-state index >= 15 is 0 Å². The first-order valence-electron chi connectivity index (χ1n) is 2.94. The summed E-state index contributed by atoms with van der Waals surface area (Å²) in [5.41, 5.74) is 0. The molecule has 1 aromatic heterocycles. The van der Waals surface area contributed by atoms with Crippen LogP contribution in [0.4, 0.5) is 0 Å². The topological polar surface area (TPSA) is 17.8 Å². The average Bonchev–Trinajstić information content (AvgIpc) is 2.31. The van der Waals surface area contributed by atoms with Crippen molar-refractivity contribution in [1.29, 1.82) is 0 Å². The zero-order chi connectivity index (χ0) is 7.40. The van der Waals surface area contributed by atoms with Crippen LogP contribution in [0.15, 0.2) is 12.4 Å². The summed E-state index contributed by atoms with van der Waals surface area (Å²) in [6.45, 7) is 0.739. The molecule has 0 amide bonds. The molecule has 0 fully saturated rings. The number of terminal acetylenes is 1. The Balaban J connectivity index is 2.52. The van der Waals surface area contributed by atoms with E-state index in [0.29, 0.717) is 11.4 Å². The molecular weight excluding hydrogens is 148 g/mol. The second-order valence-electron chi connectivity index (χ2n) is 1.88. The second kappa shape index (κ2) is 3.28. The van der Waals surface area contributed by atoms with E-state index in [1.54, 1.807) is 17.1 Å². The molecule has 10 heavy (non-hydrogen) atoms. The van der Waals surface area contributed by atoms with Crippen molar-refractivity contribution >= 4 is 11.6 Å². The van der Waals surface area contributed by atoms with Gasteiger partial charge in [0.2, 0.25) is 0 Å². The smallest absolute Gasteiger partial charge is 0.0785 e. The minimum absolute atomic E-state index is 0.650. The summed E-state index contributed by atoms with van der Waals surface area (Å²) in [6, 6.07) is 0. The molecule has 3 heteroatoms. The molecule has 1 heterocycles. The third kappa shape index (κ3) is 1.78. The van der Waals surface area contributed by atoms with E-state index in [0.717, 1.165) is 6.54 Å². The summed E-state index contributed by atoms with van der Waals surface area (Å²) in [5.74, 6) is 2.52. The Hall–Kier alpha value is -0.940. The van der Waals surface area contributed by atoms with Gasteiger partial charge in [0.15, 0.2) is 0 Å². The van der Waals surface area contributed by atoms with Crippen molar-refractivity contribution in [3.63, 3.8) is 0 Å². The van der Waals surface area contributed by atoms with Crippen LogP contribution in [-0.2, 0) is 6.54 Å². The van der Waals surface area contributed by atoms with Crippen molar-refractivity contribution < 1.29 is 0 Å². The van der Waals surface area contributed by atoms with Crippen molar-refractivity contribution in [3.8, 4) is 12.3 Å². The molecule has 1 rings (SSSR count). The Bertz CT molecular complexity index is 246. The lowest BCUT2D eigenvalue weighted by atomic mass is 10.4. The quantitative estimate of drug-likeness (QED) is 0.592. The minimum atomic E-state index is 0.650. The van der Waals surface area contributed by atoms with Crippen LogP contribution < -0.4 is 0 Å². The fourth-order valence-corrected chi connectivity index (χ4v) is 0.796. The molecule has 0 aliphatic heterocycles. The average molecular weight is 155 g/mol. The lowest BCUT2D eigenvalue weighted by Crippen LogP contribution is -1.95. The molecule has 0 saturated heterocycles. The highest BCUT2D eigenvalue weighted by Gasteiger charge is 1.91. The Morgan fingerprint density at radius 1 is 1.80 bits per heavy atom. The van der Waals surface area contributed by atoms with Crippen LogP contribution in [0.3, 0.4) is 0 Å². The summed E-state index contributed by atoms with van der Waals surface area (Å²) in [6.07, 6.45) is 9.10. The largest absolute Gasteiger partial charge is 0.270 e. The Labute approximate surface area is 64.8 Å². The van der Waals surface area contributed by atoms with Gasteiger partial charge in [0, 0.05) is 12.6 Å². The summed E-state index contributed by atoms with van der Waals surface area (Å²) in [7, 11) is 0. The number of hydrogen-bond acceptors (Lipinski definition) is 1. The van der Waals surface area contributed by atoms with Gasteiger partial charge in [-0.2, -0.15) is 5.10 Å². The van der Waals surface area contributed by atoms with Gasteiger partial charge in [-0.25, -0.2) is 0 Å². The highest BCUT2D eigenvalue weighted by Crippen LogP contribution is 2.04. The van der Waals surface area contributed by atoms with Gasteiger partial charge in [-0.05, 0) is 0 Å². The molecule has 0 aliphatic rings. The fourth-order valence-electron chi connectivity index (χ4n) is 0.640. The zero-order valence-corrected chi connectivity index (χ0v) is 6.17. The number of aromatic nitrogens is 2. The third-order valence-electron chi connectivity index (χ3n) is 1.09. The summed E-state index contributed by atoms with van der Waals surface area (Å²) >= 11 is 5.60. The fraction of sp³-hybridized carbons (Fsp3) is 0.286. The number of nitrogens with zero attached hydrogens (tertiary/aromatic N) is 2. The van der Waals surface area contributed by atoms with Gasteiger partial charge in [0.05, 0.1) is 17.8 Å². The van der Waals surface area contributed by atoms with Gasteiger partial charge in [0.1, 0.15) is 0 Å². The van der Waals surface area contributed by atoms with Gasteiger partial charge in [-0.3, -0.25) is 4.68 Å². The van der Waals surface area contributed by atoms with Crippen molar-refractivity contribution in [2.24, 2.45) is 0 Å². The highest BCUT2D eigenvalue weighted by molar-refractivity contribution is 6.30. The molecule has 0 bridgehead atoms. The van der Waals surface area contributed by atoms with Crippen LogP contribution in [0.25, 0.3) is 0 Å². The molecule has 0 aromatic carbocycles. The van der Waals surface area contributed by atoms with Gasteiger partial charge in [-0.15, -0.1) is 12.3 Å². The lowest BCUT2D eigenvalue weighted by molar-refractivity contribution is 0.630. The molecule has 0 atom stereocenters. The van der Waals surface area contributed by atoms with E-state index in [9.17, 15) is 0 Å². The SMILES string of the molecule is C#CCCn1cc(Cl)cn1. The first-order chi connectivity index (χ1) is 4.83. The minimum Gasteiger partial charge on any atom is -0.270 e. The third-order valence-corrected chi connectivity index (χ3v) is 1.28. The molecule has 0 N–H and O–H groups in total. The normalized spacial score (nSPS) is 9.20. The number of hydrogen-bond donors (Lipinski definition) is 0. The van der Waals surface area contributed by atoms with E-state index in [2.05, 4.69) is 11.0 Å². The van der Waals surface area contributed by atoms with E-state index in [4.69, 9.17) is 18.0 Å². The molecule has 0 saturated carbocycles. The monoisotopic (exact) mass is 154 g/mol. The van der Waals surface area contributed by atoms with Crippen molar-refractivity contribution in [2.75, 3.05) is 0 Å². The molecule has 52 valence electrons. The van der Waals surface area contributed by atoms with Gasteiger partial charge < -0.3 is 0 Å². The number of halogens is 1. The van der Waals surface area contributed by atoms with Crippen LogP contribution >= 0.6 is 11.6 Å². The van der Waals surface area contributed by atoms with Crippen LogP contribution in [0.1, 0.15) is 6.42 Å². The molecule has 0 unspecified atom stereocenters. The number of aryl methyl sites for hydroxylation is 1. The van der Waals surface area contributed by atoms with Gasteiger partial charge in [-0.1, -0.05) is 11.6 Å². The van der Waals surface area contributed by atoms with Gasteiger partial charge in [0.25, 0.3) is 0 Å². The van der Waals surface area contributed by atoms with Crippen molar-refractivity contribution in [1.82, 2.24) is 9.78 Å². The van der Waals surface area contributed by atoms with E-state index in [1.807, 2.05) is 0 Å². The molecular formula is C7H7ClN2. The molecule has 0 spiro atoms.